The lowest BCUT2D eigenvalue weighted by Crippen LogP contribution is -2.28. The SMILES string of the molecule is CC.CC.CNC(C)C(C)=O. The van der Waals surface area contributed by atoms with Crippen LogP contribution in [0.5, 0.6) is 0 Å². The number of carbonyl (C=O) groups is 1. The lowest BCUT2D eigenvalue weighted by Gasteiger charge is -2.01. The second-order valence-corrected chi connectivity index (χ2v) is 1.62. The molecule has 0 aromatic rings. The average molecular weight is 161 g/mol. The smallest absolute Gasteiger partial charge is 0.146 e. The maximum absolute atomic E-state index is 10.3. The normalized spacial score (nSPS) is 9.73. The Morgan fingerprint density at radius 2 is 1.45 bits per heavy atom. The van der Waals surface area contributed by atoms with E-state index in [1.54, 1.807) is 14.0 Å². The molecule has 0 aliphatic heterocycles. The number of rotatable bonds is 2. The molecule has 2 nitrogen and oxygen atoms in total. The lowest BCUT2D eigenvalue weighted by atomic mass is 10.2. The van der Waals surface area contributed by atoms with Gasteiger partial charge in [-0.1, -0.05) is 27.7 Å². The van der Waals surface area contributed by atoms with E-state index >= 15 is 0 Å². The molecule has 11 heavy (non-hydrogen) atoms. The molecule has 0 saturated heterocycles. The van der Waals surface area contributed by atoms with Crippen molar-refractivity contribution in [2.45, 2.75) is 47.6 Å². The van der Waals surface area contributed by atoms with Gasteiger partial charge in [0.1, 0.15) is 5.78 Å². The summed E-state index contributed by atoms with van der Waals surface area (Å²) >= 11 is 0. The van der Waals surface area contributed by atoms with E-state index in [2.05, 4.69) is 5.32 Å². The Morgan fingerprint density at radius 1 is 1.18 bits per heavy atom. The third-order valence-electron chi connectivity index (χ3n) is 1.04. The summed E-state index contributed by atoms with van der Waals surface area (Å²) in [7, 11) is 1.77. The van der Waals surface area contributed by atoms with Crippen LogP contribution in [0.15, 0.2) is 0 Å². The number of hydrogen-bond acceptors (Lipinski definition) is 2. The first-order valence-electron chi connectivity index (χ1n) is 4.36. The molecule has 0 spiro atoms. The predicted octanol–water partition coefficient (Wildman–Crippen LogP) is 2.24. The molecule has 0 amide bonds. The largest absolute Gasteiger partial charge is 0.311 e. The van der Waals surface area contributed by atoms with Crippen molar-refractivity contribution >= 4 is 5.78 Å². The Labute approximate surface area is 71.4 Å². The maximum Gasteiger partial charge on any atom is 0.146 e. The van der Waals surface area contributed by atoms with Gasteiger partial charge in [0.05, 0.1) is 6.04 Å². The van der Waals surface area contributed by atoms with Crippen molar-refractivity contribution in [1.82, 2.24) is 5.32 Å². The number of hydrogen-bond donors (Lipinski definition) is 1. The van der Waals surface area contributed by atoms with Gasteiger partial charge in [-0.2, -0.15) is 0 Å². The Hall–Kier alpha value is -0.370. The van der Waals surface area contributed by atoms with E-state index in [4.69, 9.17) is 0 Å². The molecular weight excluding hydrogens is 138 g/mol. The van der Waals surface area contributed by atoms with Crippen molar-refractivity contribution in [2.75, 3.05) is 7.05 Å². The Bertz CT molecular complexity index is 72.0. The number of carbonyl (C=O) groups excluding carboxylic acids is 1. The second-order valence-electron chi connectivity index (χ2n) is 1.62. The molecule has 0 radical (unpaired) electrons. The molecule has 0 bridgehead atoms. The van der Waals surface area contributed by atoms with Gasteiger partial charge in [-0.3, -0.25) is 4.79 Å². The van der Waals surface area contributed by atoms with Crippen LogP contribution < -0.4 is 5.32 Å². The van der Waals surface area contributed by atoms with Crippen LogP contribution in [0, 0.1) is 0 Å². The van der Waals surface area contributed by atoms with E-state index < -0.39 is 0 Å². The summed E-state index contributed by atoms with van der Waals surface area (Å²) in [6.45, 7) is 11.4. The van der Waals surface area contributed by atoms with Crippen molar-refractivity contribution in [3.8, 4) is 0 Å². The van der Waals surface area contributed by atoms with Gasteiger partial charge in [-0.05, 0) is 20.9 Å². The molecule has 0 fully saturated rings. The van der Waals surface area contributed by atoms with E-state index in [1.165, 1.54) is 0 Å². The van der Waals surface area contributed by atoms with Crippen LogP contribution in [-0.2, 0) is 4.79 Å². The number of ketones is 1. The summed E-state index contributed by atoms with van der Waals surface area (Å²) in [5.41, 5.74) is 0. The van der Waals surface area contributed by atoms with Crippen LogP contribution in [0.3, 0.4) is 0 Å². The van der Waals surface area contributed by atoms with Gasteiger partial charge < -0.3 is 5.32 Å². The van der Waals surface area contributed by atoms with Crippen LogP contribution in [0.4, 0.5) is 0 Å². The quantitative estimate of drug-likeness (QED) is 0.673. The third-order valence-corrected chi connectivity index (χ3v) is 1.04. The van der Waals surface area contributed by atoms with Crippen LogP contribution >= 0.6 is 0 Å². The van der Waals surface area contributed by atoms with Gasteiger partial charge in [0.25, 0.3) is 0 Å². The minimum Gasteiger partial charge on any atom is -0.311 e. The molecule has 0 saturated carbocycles. The van der Waals surface area contributed by atoms with Gasteiger partial charge >= 0.3 is 0 Å². The molecule has 70 valence electrons. The summed E-state index contributed by atoms with van der Waals surface area (Å²) in [5.74, 6) is 0.183. The highest BCUT2D eigenvalue weighted by atomic mass is 16.1. The fourth-order valence-corrected chi connectivity index (χ4v) is 0.203. The van der Waals surface area contributed by atoms with E-state index in [1.807, 2.05) is 34.6 Å². The Morgan fingerprint density at radius 3 is 1.45 bits per heavy atom. The highest BCUT2D eigenvalue weighted by molar-refractivity contribution is 5.80. The molecule has 0 aromatic carbocycles. The molecular formula is C9H23NO. The van der Waals surface area contributed by atoms with Crippen molar-refractivity contribution < 1.29 is 4.79 Å². The Balaban J connectivity index is -0.000000138. The molecule has 0 aliphatic carbocycles. The predicted molar refractivity (Wildman–Crippen MR) is 51.9 cm³/mol. The van der Waals surface area contributed by atoms with Crippen molar-refractivity contribution in [2.24, 2.45) is 0 Å². The first kappa shape index (κ1) is 16.9. The zero-order valence-corrected chi connectivity index (χ0v) is 8.99. The second kappa shape index (κ2) is 16.3. The van der Waals surface area contributed by atoms with Gasteiger partial charge in [-0.15, -0.1) is 0 Å². The zero-order valence-electron chi connectivity index (χ0n) is 8.99. The summed E-state index contributed by atoms with van der Waals surface area (Å²) in [6.07, 6.45) is 0. The highest BCUT2D eigenvalue weighted by Crippen LogP contribution is 1.77. The first-order valence-corrected chi connectivity index (χ1v) is 4.36. The van der Waals surface area contributed by atoms with Crippen molar-refractivity contribution in [3.63, 3.8) is 0 Å². The minimum atomic E-state index is 0.0139. The van der Waals surface area contributed by atoms with E-state index in [9.17, 15) is 4.79 Å². The molecule has 2 heteroatoms. The summed E-state index contributed by atoms with van der Waals surface area (Å²) in [5, 5.41) is 2.81. The molecule has 1 unspecified atom stereocenters. The Kier molecular flexibility index (Phi) is 25.1. The van der Waals surface area contributed by atoms with Gasteiger partial charge in [0.2, 0.25) is 0 Å². The monoisotopic (exact) mass is 161 g/mol. The standard InChI is InChI=1S/C5H11NO.2C2H6/c1-4(6-3)5(2)7;2*1-2/h4,6H,1-3H3;2*1-2H3. The van der Waals surface area contributed by atoms with Gasteiger partial charge in [0, 0.05) is 0 Å². The van der Waals surface area contributed by atoms with Crippen LogP contribution in [-0.4, -0.2) is 18.9 Å². The van der Waals surface area contributed by atoms with Crippen molar-refractivity contribution in [3.05, 3.63) is 0 Å². The van der Waals surface area contributed by atoms with Crippen LogP contribution in [0.25, 0.3) is 0 Å². The van der Waals surface area contributed by atoms with Gasteiger partial charge in [-0.25, -0.2) is 0 Å². The van der Waals surface area contributed by atoms with E-state index in [-0.39, 0.29) is 11.8 Å². The first-order chi connectivity index (χ1) is 5.18. The fourth-order valence-electron chi connectivity index (χ4n) is 0.203. The number of Topliss-reactive ketones (excluding diaryl/α,β-unsaturated/α-hetero) is 1. The molecule has 1 N–H and O–H groups in total. The summed E-state index contributed by atoms with van der Waals surface area (Å²) in [6, 6.07) is 0.0139. The minimum absolute atomic E-state index is 0.0139. The summed E-state index contributed by atoms with van der Waals surface area (Å²) < 4.78 is 0. The van der Waals surface area contributed by atoms with E-state index in [0.29, 0.717) is 0 Å². The number of likely N-dealkylation sites (N-methyl/N-ethyl adjacent to an activating group) is 1. The molecule has 0 rings (SSSR count). The third kappa shape index (κ3) is 17.7. The maximum atomic E-state index is 10.3. The molecule has 0 aliphatic rings. The molecule has 0 aromatic heterocycles. The molecule has 0 heterocycles. The average Bonchev–Trinajstić information content (AvgIpc) is 2.10. The lowest BCUT2D eigenvalue weighted by molar-refractivity contribution is -0.118. The molecule has 1 atom stereocenters. The number of nitrogens with one attached hydrogen (secondary N) is 1. The highest BCUT2D eigenvalue weighted by Gasteiger charge is 2.00. The fraction of sp³-hybridized carbons (Fsp3) is 0.889. The topological polar surface area (TPSA) is 29.1 Å². The summed E-state index contributed by atoms with van der Waals surface area (Å²) in [4.78, 5) is 10.3. The zero-order chi connectivity index (χ0) is 9.86. The van der Waals surface area contributed by atoms with Gasteiger partial charge in [0.15, 0.2) is 0 Å². The van der Waals surface area contributed by atoms with Crippen LogP contribution in [0.2, 0.25) is 0 Å². The van der Waals surface area contributed by atoms with Crippen LogP contribution in [0.1, 0.15) is 41.5 Å². The van der Waals surface area contributed by atoms with Crippen molar-refractivity contribution in [1.29, 1.82) is 0 Å². The van der Waals surface area contributed by atoms with E-state index in [0.717, 1.165) is 0 Å².